The Kier molecular flexibility index (Phi) is 6.61. The van der Waals surface area contributed by atoms with E-state index >= 15 is 0 Å². The Bertz CT molecular complexity index is 742. The molecule has 1 fully saturated rings. The number of aromatic nitrogens is 1. The van der Waals surface area contributed by atoms with Crippen molar-refractivity contribution in [2.45, 2.75) is 64.7 Å². The first-order valence-corrected chi connectivity index (χ1v) is 9.46. The number of pyridine rings is 1. The molecular weight excluding hydrogens is 366 g/mol. The average molecular weight is 394 g/mol. The molecule has 0 unspecified atom stereocenters. The molecule has 0 aliphatic carbocycles. The van der Waals surface area contributed by atoms with Gasteiger partial charge in [-0.05, 0) is 47.5 Å². The maximum atomic E-state index is 12.1. The molecule has 27 heavy (non-hydrogen) atoms. The van der Waals surface area contributed by atoms with Crippen molar-refractivity contribution in [2.75, 3.05) is 18.0 Å². The molecule has 2 rings (SSSR count). The van der Waals surface area contributed by atoms with Crippen LogP contribution >= 0.6 is 11.6 Å². The third-order valence-electron chi connectivity index (χ3n) is 3.83. The van der Waals surface area contributed by atoms with Crippen LogP contribution in [0.15, 0.2) is 12.3 Å². The number of hydrogen-bond acceptors (Lipinski definition) is 5. The molecule has 6 nitrogen and oxygen atoms in total. The van der Waals surface area contributed by atoms with Crippen LogP contribution in [0.3, 0.4) is 0 Å². The number of halogens is 1. The van der Waals surface area contributed by atoms with Crippen molar-refractivity contribution < 1.29 is 14.6 Å². The Hall–Kier alpha value is -1.97. The van der Waals surface area contributed by atoms with Crippen molar-refractivity contribution in [1.29, 1.82) is 0 Å². The van der Waals surface area contributed by atoms with Gasteiger partial charge < -0.3 is 20.1 Å². The van der Waals surface area contributed by atoms with E-state index in [-0.39, 0.29) is 6.04 Å². The van der Waals surface area contributed by atoms with E-state index in [1.54, 1.807) is 26.1 Å². The third-order valence-corrected chi connectivity index (χ3v) is 4.04. The fourth-order valence-corrected chi connectivity index (χ4v) is 2.94. The summed E-state index contributed by atoms with van der Waals surface area (Å²) in [5.41, 5.74) is -0.0850. The Morgan fingerprint density at radius 2 is 2.11 bits per heavy atom. The van der Waals surface area contributed by atoms with Gasteiger partial charge in [0.05, 0.1) is 11.3 Å². The van der Waals surface area contributed by atoms with Crippen molar-refractivity contribution in [2.24, 2.45) is 0 Å². The zero-order valence-electron chi connectivity index (χ0n) is 16.6. The van der Waals surface area contributed by atoms with E-state index in [1.807, 2.05) is 20.8 Å². The number of amides is 1. The van der Waals surface area contributed by atoms with Gasteiger partial charge >= 0.3 is 6.09 Å². The Morgan fingerprint density at radius 1 is 1.41 bits per heavy atom. The minimum Gasteiger partial charge on any atom is -0.444 e. The smallest absolute Gasteiger partial charge is 0.407 e. The summed E-state index contributed by atoms with van der Waals surface area (Å²) < 4.78 is 5.35. The Morgan fingerprint density at radius 3 is 2.74 bits per heavy atom. The summed E-state index contributed by atoms with van der Waals surface area (Å²) in [4.78, 5) is 18.3. The number of nitrogens with one attached hydrogen (secondary N) is 1. The van der Waals surface area contributed by atoms with Crippen molar-refractivity contribution in [3.05, 3.63) is 23.0 Å². The Balaban J connectivity index is 2.16. The van der Waals surface area contributed by atoms with Crippen LogP contribution in [0, 0.1) is 11.8 Å². The summed E-state index contributed by atoms with van der Waals surface area (Å²) in [7, 11) is 0. The first-order valence-electron chi connectivity index (χ1n) is 9.08. The zero-order valence-corrected chi connectivity index (χ0v) is 17.4. The van der Waals surface area contributed by atoms with E-state index in [9.17, 15) is 9.90 Å². The fraction of sp³-hybridized carbons (Fsp3) is 0.600. The molecule has 0 aromatic carbocycles. The summed E-state index contributed by atoms with van der Waals surface area (Å²) in [5.74, 6) is 5.80. The monoisotopic (exact) mass is 393 g/mol. The molecule has 1 atom stereocenters. The van der Waals surface area contributed by atoms with Gasteiger partial charge in [0.1, 0.15) is 16.4 Å². The van der Waals surface area contributed by atoms with Crippen LogP contribution < -0.4 is 10.2 Å². The molecule has 1 aliphatic heterocycles. The van der Waals surface area contributed by atoms with Crippen LogP contribution in [0.25, 0.3) is 0 Å². The normalized spacial score (nSPS) is 17.7. The lowest BCUT2D eigenvalue weighted by Crippen LogP contribution is -2.49. The van der Waals surface area contributed by atoms with Gasteiger partial charge in [0.25, 0.3) is 0 Å². The molecular formula is C20H28ClN3O3. The van der Waals surface area contributed by atoms with Gasteiger partial charge in [-0.25, -0.2) is 9.78 Å². The second-order valence-corrected chi connectivity index (χ2v) is 8.65. The number of carbonyl (C=O) groups is 1. The molecule has 148 valence electrons. The number of carbonyl (C=O) groups excluding carboxylic acids is 1. The van der Waals surface area contributed by atoms with Crippen molar-refractivity contribution in [3.8, 4) is 11.8 Å². The molecule has 0 spiro atoms. The molecule has 0 radical (unpaired) electrons. The number of hydrogen-bond donors (Lipinski definition) is 2. The molecule has 1 aromatic heterocycles. The van der Waals surface area contributed by atoms with Gasteiger partial charge in [-0.2, -0.15) is 0 Å². The van der Waals surface area contributed by atoms with Gasteiger partial charge in [0.15, 0.2) is 0 Å². The number of aliphatic hydroxyl groups is 1. The number of nitrogens with zero attached hydrogens (tertiary/aromatic N) is 2. The maximum Gasteiger partial charge on any atom is 0.407 e. The lowest BCUT2D eigenvalue weighted by atomic mass is 10.0. The van der Waals surface area contributed by atoms with E-state index < -0.39 is 17.3 Å². The van der Waals surface area contributed by atoms with Crippen LogP contribution in [-0.2, 0) is 4.74 Å². The lowest BCUT2D eigenvalue weighted by Gasteiger charge is -2.35. The summed E-state index contributed by atoms with van der Waals surface area (Å²) in [6, 6.07) is 1.74. The molecule has 1 saturated heterocycles. The average Bonchev–Trinajstić information content (AvgIpc) is 2.51. The van der Waals surface area contributed by atoms with Crippen LogP contribution in [-0.4, -0.2) is 46.5 Å². The van der Waals surface area contributed by atoms with Crippen LogP contribution in [0.2, 0.25) is 5.15 Å². The predicted molar refractivity (Wildman–Crippen MR) is 107 cm³/mol. The number of piperidine rings is 1. The van der Waals surface area contributed by atoms with E-state index in [0.29, 0.717) is 17.3 Å². The number of ether oxygens (including phenoxy) is 1. The van der Waals surface area contributed by atoms with Crippen LogP contribution in [0.4, 0.5) is 10.5 Å². The Labute approximate surface area is 166 Å². The second-order valence-electron chi connectivity index (χ2n) is 8.26. The highest BCUT2D eigenvalue weighted by Crippen LogP contribution is 2.26. The standard InChI is InChI=1S/C20H28ClN3O3/c1-19(2,3)27-18(25)23-15-7-6-10-24(13-15)16-11-17(21)22-12-14(16)8-9-20(4,5)26/h11-12,15,26H,6-7,10,13H2,1-5H3,(H,23,25)/t15-/m0/s1. The highest BCUT2D eigenvalue weighted by Gasteiger charge is 2.25. The summed E-state index contributed by atoms with van der Waals surface area (Å²) >= 11 is 6.09. The number of anilines is 1. The van der Waals surface area contributed by atoms with Crippen molar-refractivity contribution in [1.82, 2.24) is 10.3 Å². The highest BCUT2D eigenvalue weighted by molar-refractivity contribution is 6.29. The van der Waals surface area contributed by atoms with E-state index in [0.717, 1.165) is 25.1 Å². The zero-order chi connectivity index (χ0) is 20.2. The molecule has 1 aromatic rings. The van der Waals surface area contributed by atoms with Crippen LogP contribution in [0.5, 0.6) is 0 Å². The molecule has 0 bridgehead atoms. The molecule has 1 aliphatic rings. The van der Waals surface area contributed by atoms with Crippen molar-refractivity contribution >= 4 is 23.4 Å². The van der Waals surface area contributed by atoms with Crippen LogP contribution in [0.1, 0.15) is 53.0 Å². The molecule has 7 heteroatoms. The van der Waals surface area contributed by atoms with Crippen molar-refractivity contribution in [3.63, 3.8) is 0 Å². The molecule has 2 N–H and O–H groups in total. The summed E-state index contributed by atoms with van der Waals surface area (Å²) in [6.07, 6.45) is 2.99. The SMILES string of the molecule is CC(C)(O)C#Cc1cnc(Cl)cc1N1CCC[C@H](NC(=O)OC(C)(C)C)C1. The largest absolute Gasteiger partial charge is 0.444 e. The second kappa shape index (κ2) is 8.37. The van der Waals surface area contributed by atoms with E-state index in [2.05, 4.69) is 27.0 Å². The van der Waals surface area contributed by atoms with Gasteiger partial charge in [-0.3, -0.25) is 0 Å². The van der Waals surface area contributed by atoms with Gasteiger partial charge in [0.2, 0.25) is 0 Å². The van der Waals surface area contributed by atoms with Gasteiger partial charge in [-0.15, -0.1) is 0 Å². The highest BCUT2D eigenvalue weighted by atomic mass is 35.5. The van der Waals surface area contributed by atoms with Gasteiger partial charge in [0, 0.05) is 31.4 Å². The minimum absolute atomic E-state index is 0.0318. The molecule has 0 saturated carbocycles. The number of alkyl carbamates (subject to hydrolysis) is 1. The lowest BCUT2D eigenvalue weighted by molar-refractivity contribution is 0.0500. The molecule has 2 heterocycles. The fourth-order valence-electron chi connectivity index (χ4n) is 2.79. The van der Waals surface area contributed by atoms with E-state index in [1.165, 1.54) is 0 Å². The first kappa shape index (κ1) is 21.3. The minimum atomic E-state index is -1.10. The maximum absolute atomic E-state index is 12.1. The summed E-state index contributed by atoms with van der Waals surface area (Å²) in [5, 5.41) is 13.2. The first-order chi connectivity index (χ1) is 12.4. The predicted octanol–water partition coefficient (Wildman–Crippen LogP) is 3.35. The van der Waals surface area contributed by atoms with E-state index in [4.69, 9.17) is 16.3 Å². The summed E-state index contributed by atoms with van der Waals surface area (Å²) in [6.45, 7) is 10.2. The quantitative estimate of drug-likeness (QED) is 0.595. The number of rotatable bonds is 2. The van der Waals surface area contributed by atoms with Gasteiger partial charge in [-0.1, -0.05) is 23.4 Å². The topological polar surface area (TPSA) is 74.7 Å². The third kappa shape index (κ3) is 7.28. The molecule has 1 amide bonds.